The highest BCUT2D eigenvalue weighted by Crippen LogP contribution is 2.21. The van der Waals surface area contributed by atoms with E-state index in [4.69, 9.17) is 5.26 Å². The molecule has 0 unspecified atom stereocenters. The zero-order valence-electron chi connectivity index (χ0n) is 6.91. The molecule has 1 aromatic heterocycles. The lowest BCUT2D eigenvalue weighted by atomic mass is 10.2. The fourth-order valence-electron chi connectivity index (χ4n) is 1.05. The molecule has 0 atom stereocenters. The van der Waals surface area contributed by atoms with Crippen molar-refractivity contribution in [1.29, 1.82) is 5.26 Å². The average Bonchev–Trinajstić information content (AvgIpc) is 2.82. The van der Waals surface area contributed by atoms with Gasteiger partial charge in [0.15, 0.2) is 0 Å². The molecule has 0 bridgehead atoms. The van der Waals surface area contributed by atoms with Crippen molar-refractivity contribution < 1.29 is 4.79 Å². The third-order valence-electron chi connectivity index (χ3n) is 1.94. The molecule has 1 heterocycles. The molecule has 1 aliphatic rings. The molecule has 2 rings (SSSR count). The van der Waals surface area contributed by atoms with E-state index in [-0.39, 0.29) is 5.91 Å². The van der Waals surface area contributed by atoms with Gasteiger partial charge in [0.25, 0.3) is 5.91 Å². The van der Waals surface area contributed by atoms with Crippen LogP contribution in [0.2, 0.25) is 0 Å². The van der Waals surface area contributed by atoms with Gasteiger partial charge in [-0.05, 0) is 12.8 Å². The summed E-state index contributed by atoms with van der Waals surface area (Å²) >= 11 is 1.38. The lowest BCUT2D eigenvalue weighted by Gasteiger charge is -1.99. The number of amides is 1. The van der Waals surface area contributed by atoms with Gasteiger partial charge in [-0.25, -0.2) is 0 Å². The first kappa shape index (κ1) is 8.27. The SMILES string of the molecule is N#Cc1cscc1C(=O)NC1CC1. The molecule has 1 saturated carbocycles. The number of thiophene rings is 1. The fourth-order valence-corrected chi connectivity index (χ4v) is 1.80. The van der Waals surface area contributed by atoms with E-state index in [2.05, 4.69) is 5.32 Å². The minimum Gasteiger partial charge on any atom is -0.349 e. The number of hydrogen-bond acceptors (Lipinski definition) is 3. The first-order chi connectivity index (χ1) is 6.31. The quantitative estimate of drug-likeness (QED) is 0.772. The number of nitrogens with one attached hydrogen (secondary N) is 1. The van der Waals surface area contributed by atoms with Crippen LogP contribution in [0, 0.1) is 11.3 Å². The highest BCUT2D eigenvalue weighted by molar-refractivity contribution is 7.08. The molecule has 0 radical (unpaired) electrons. The molecule has 4 heteroatoms. The van der Waals surface area contributed by atoms with Crippen LogP contribution < -0.4 is 5.32 Å². The number of carbonyl (C=O) groups is 1. The summed E-state index contributed by atoms with van der Waals surface area (Å²) in [6, 6.07) is 2.35. The lowest BCUT2D eigenvalue weighted by molar-refractivity contribution is 0.0951. The molecule has 1 N–H and O–H groups in total. The van der Waals surface area contributed by atoms with Gasteiger partial charge in [0.2, 0.25) is 0 Å². The zero-order chi connectivity index (χ0) is 9.26. The van der Waals surface area contributed by atoms with E-state index in [0.717, 1.165) is 12.8 Å². The Bertz CT molecular complexity index is 373. The number of rotatable bonds is 2. The van der Waals surface area contributed by atoms with Crippen molar-refractivity contribution in [3.8, 4) is 6.07 Å². The van der Waals surface area contributed by atoms with Gasteiger partial charge in [0.1, 0.15) is 6.07 Å². The first-order valence-corrected chi connectivity index (χ1v) is 5.02. The van der Waals surface area contributed by atoms with Crippen LogP contribution in [0.25, 0.3) is 0 Å². The maximum atomic E-state index is 11.5. The monoisotopic (exact) mass is 192 g/mol. The molecular formula is C9H8N2OS. The summed E-state index contributed by atoms with van der Waals surface area (Å²) in [5.41, 5.74) is 0.988. The summed E-state index contributed by atoms with van der Waals surface area (Å²) in [4.78, 5) is 11.5. The van der Waals surface area contributed by atoms with Gasteiger partial charge in [-0.1, -0.05) is 0 Å². The van der Waals surface area contributed by atoms with Crippen molar-refractivity contribution in [2.45, 2.75) is 18.9 Å². The second-order valence-corrected chi connectivity index (χ2v) is 3.80. The number of carbonyl (C=O) groups excluding carboxylic acids is 1. The second-order valence-electron chi connectivity index (χ2n) is 3.06. The summed E-state index contributed by atoms with van der Waals surface area (Å²) in [5.74, 6) is -0.111. The number of hydrogen-bond donors (Lipinski definition) is 1. The predicted octanol–water partition coefficient (Wildman–Crippen LogP) is 1.51. The van der Waals surface area contributed by atoms with Crippen LogP contribution in [0.5, 0.6) is 0 Å². The van der Waals surface area contributed by atoms with E-state index < -0.39 is 0 Å². The van der Waals surface area contributed by atoms with Gasteiger partial charge in [0.05, 0.1) is 11.1 Å². The third-order valence-corrected chi connectivity index (χ3v) is 2.68. The minimum atomic E-state index is -0.111. The molecule has 3 nitrogen and oxygen atoms in total. The van der Waals surface area contributed by atoms with Crippen LogP contribution in [0.4, 0.5) is 0 Å². The molecule has 66 valence electrons. The maximum absolute atomic E-state index is 11.5. The van der Waals surface area contributed by atoms with Crippen LogP contribution in [0.15, 0.2) is 10.8 Å². The van der Waals surface area contributed by atoms with E-state index in [9.17, 15) is 4.79 Å². The van der Waals surface area contributed by atoms with Gasteiger partial charge in [0, 0.05) is 16.8 Å². The van der Waals surface area contributed by atoms with Crippen molar-refractivity contribution in [2.24, 2.45) is 0 Å². The van der Waals surface area contributed by atoms with Crippen molar-refractivity contribution >= 4 is 17.2 Å². The Morgan fingerprint density at radius 1 is 1.62 bits per heavy atom. The largest absolute Gasteiger partial charge is 0.349 e. The van der Waals surface area contributed by atoms with Gasteiger partial charge in [-0.2, -0.15) is 16.6 Å². The zero-order valence-corrected chi connectivity index (χ0v) is 7.73. The molecule has 0 aromatic carbocycles. The highest BCUT2D eigenvalue weighted by atomic mass is 32.1. The Morgan fingerprint density at radius 2 is 2.38 bits per heavy atom. The summed E-state index contributed by atoms with van der Waals surface area (Å²) < 4.78 is 0. The molecule has 13 heavy (non-hydrogen) atoms. The Balaban J connectivity index is 2.14. The van der Waals surface area contributed by atoms with Crippen LogP contribution >= 0.6 is 11.3 Å². The molecule has 1 aliphatic carbocycles. The Morgan fingerprint density at radius 3 is 3.00 bits per heavy atom. The van der Waals surface area contributed by atoms with Gasteiger partial charge < -0.3 is 5.32 Å². The predicted molar refractivity (Wildman–Crippen MR) is 49.5 cm³/mol. The smallest absolute Gasteiger partial charge is 0.253 e. The Labute approximate surface area is 80.0 Å². The summed E-state index contributed by atoms with van der Waals surface area (Å²) in [6.07, 6.45) is 2.13. The lowest BCUT2D eigenvalue weighted by Crippen LogP contribution is -2.25. The van der Waals surface area contributed by atoms with Gasteiger partial charge in [-0.15, -0.1) is 0 Å². The van der Waals surface area contributed by atoms with Crippen molar-refractivity contribution in [2.75, 3.05) is 0 Å². The third kappa shape index (κ3) is 1.70. The van der Waals surface area contributed by atoms with E-state index in [1.54, 1.807) is 10.8 Å². The first-order valence-electron chi connectivity index (χ1n) is 4.08. The van der Waals surface area contributed by atoms with Crippen molar-refractivity contribution in [1.82, 2.24) is 5.32 Å². The molecule has 1 amide bonds. The van der Waals surface area contributed by atoms with Crippen LogP contribution in [-0.2, 0) is 0 Å². The number of nitriles is 1. The average molecular weight is 192 g/mol. The normalized spacial score (nSPS) is 15.0. The molecule has 0 spiro atoms. The van der Waals surface area contributed by atoms with Gasteiger partial charge >= 0.3 is 0 Å². The summed E-state index contributed by atoms with van der Waals surface area (Å²) in [7, 11) is 0. The maximum Gasteiger partial charge on any atom is 0.253 e. The Hall–Kier alpha value is -1.34. The summed E-state index contributed by atoms with van der Waals surface area (Å²) in [6.45, 7) is 0. The fraction of sp³-hybridized carbons (Fsp3) is 0.333. The molecule has 0 saturated heterocycles. The highest BCUT2D eigenvalue weighted by Gasteiger charge is 2.24. The van der Waals surface area contributed by atoms with E-state index in [1.807, 2.05) is 6.07 Å². The summed E-state index contributed by atoms with van der Waals surface area (Å²) in [5, 5.41) is 14.9. The number of nitrogens with zero attached hydrogens (tertiary/aromatic N) is 1. The topological polar surface area (TPSA) is 52.9 Å². The van der Waals surface area contributed by atoms with Crippen LogP contribution in [-0.4, -0.2) is 11.9 Å². The second kappa shape index (κ2) is 3.19. The van der Waals surface area contributed by atoms with E-state index in [1.165, 1.54) is 11.3 Å². The Kier molecular flexibility index (Phi) is 2.03. The van der Waals surface area contributed by atoms with E-state index in [0.29, 0.717) is 17.2 Å². The standard InChI is InChI=1S/C9H8N2OS/c10-3-6-4-13-5-8(6)9(12)11-7-1-2-7/h4-5,7H,1-2H2,(H,11,12). The van der Waals surface area contributed by atoms with E-state index >= 15 is 0 Å². The molecule has 1 aromatic rings. The van der Waals surface area contributed by atoms with Crippen LogP contribution in [0.1, 0.15) is 28.8 Å². The minimum absolute atomic E-state index is 0.111. The van der Waals surface area contributed by atoms with Gasteiger partial charge in [-0.3, -0.25) is 4.79 Å². The van der Waals surface area contributed by atoms with Crippen molar-refractivity contribution in [3.05, 3.63) is 21.9 Å². The molecular weight excluding hydrogens is 184 g/mol. The van der Waals surface area contributed by atoms with Crippen LogP contribution in [0.3, 0.4) is 0 Å². The molecule has 1 fully saturated rings. The molecule has 0 aliphatic heterocycles. The van der Waals surface area contributed by atoms with Crippen molar-refractivity contribution in [3.63, 3.8) is 0 Å².